The molecular weight excluding hydrogens is 238 g/mol. The first kappa shape index (κ1) is 13.1. The van der Waals surface area contributed by atoms with Crippen LogP contribution in [0.4, 0.5) is 0 Å². The molecular formula is C15H25N3O. The second-order valence-corrected chi connectivity index (χ2v) is 5.86. The van der Waals surface area contributed by atoms with Gasteiger partial charge in [-0.1, -0.05) is 6.42 Å². The highest BCUT2D eigenvalue weighted by Gasteiger charge is 2.26. The maximum atomic E-state index is 5.90. The highest BCUT2D eigenvalue weighted by atomic mass is 16.5. The molecule has 0 saturated carbocycles. The van der Waals surface area contributed by atoms with Gasteiger partial charge in [0.1, 0.15) is 0 Å². The van der Waals surface area contributed by atoms with Crippen molar-refractivity contribution in [3.63, 3.8) is 0 Å². The van der Waals surface area contributed by atoms with Gasteiger partial charge in [-0.2, -0.15) is 5.10 Å². The van der Waals surface area contributed by atoms with Gasteiger partial charge >= 0.3 is 0 Å². The fraction of sp³-hybridized carbons (Fsp3) is 0.800. The molecule has 3 heterocycles. The number of ether oxygens (including phenoxy) is 1. The van der Waals surface area contributed by atoms with Gasteiger partial charge in [-0.25, -0.2) is 0 Å². The summed E-state index contributed by atoms with van der Waals surface area (Å²) in [6.45, 7) is 4.33. The minimum atomic E-state index is 0.465. The number of aromatic nitrogens is 2. The summed E-state index contributed by atoms with van der Waals surface area (Å²) in [6, 6.07) is 2.65. The van der Waals surface area contributed by atoms with Gasteiger partial charge in [0.25, 0.3) is 0 Å². The lowest BCUT2D eigenvalue weighted by Gasteiger charge is -2.38. The van der Waals surface area contributed by atoms with E-state index < -0.39 is 0 Å². The lowest BCUT2D eigenvalue weighted by Crippen LogP contribution is -2.46. The van der Waals surface area contributed by atoms with Crippen LogP contribution in [-0.4, -0.2) is 46.5 Å². The molecule has 106 valence electrons. The summed E-state index contributed by atoms with van der Waals surface area (Å²) in [4.78, 5) is 2.64. The monoisotopic (exact) mass is 263 g/mol. The molecule has 0 radical (unpaired) electrons. The van der Waals surface area contributed by atoms with Crippen molar-refractivity contribution in [2.24, 2.45) is 0 Å². The molecule has 19 heavy (non-hydrogen) atoms. The average molecular weight is 263 g/mol. The Kier molecular flexibility index (Phi) is 4.51. The van der Waals surface area contributed by atoms with Crippen molar-refractivity contribution in [2.45, 2.75) is 57.2 Å². The summed E-state index contributed by atoms with van der Waals surface area (Å²) in [6.07, 6.45) is 12.2. The van der Waals surface area contributed by atoms with Crippen LogP contribution in [-0.2, 0) is 11.3 Å². The highest BCUT2D eigenvalue weighted by molar-refractivity contribution is 4.84. The molecule has 2 aliphatic heterocycles. The van der Waals surface area contributed by atoms with Crippen LogP contribution in [0.15, 0.2) is 18.5 Å². The molecule has 2 saturated heterocycles. The van der Waals surface area contributed by atoms with Crippen molar-refractivity contribution in [1.29, 1.82) is 0 Å². The Hall–Kier alpha value is -0.870. The summed E-state index contributed by atoms with van der Waals surface area (Å²) in [7, 11) is 0. The number of likely N-dealkylation sites (tertiary alicyclic amines) is 1. The zero-order valence-electron chi connectivity index (χ0n) is 11.7. The minimum Gasteiger partial charge on any atom is -0.377 e. The van der Waals surface area contributed by atoms with Gasteiger partial charge in [-0.15, -0.1) is 0 Å². The molecule has 2 atom stereocenters. The summed E-state index contributed by atoms with van der Waals surface area (Å²) >= 11 is 0. The van der Waals surface area contributed by atoms with Crippen LogP contribution in [0.5, 0.6) is 0 Å². The van der Waals surface area contributed by atoms with Gasteiger partial charge in [0.15, 0.2) is 0 Å². The van der Waals surface area contributed by atoms with E-state index in [0.29, 0.717) is 12.1 Å². The molecule has 4 heteroatoms. The molecule has 0 aromatic carbocycles. The SMILES string of the molecule is c1cnn(C[C@H]2CCCCN2C[C@H]2CCCCO2)c1. The number of piperidine rings is 1. The lowest BCUT2D eigenvalue weighted by molar-refractivity contribution is -0.0215. The predicted octanol–water partition coefficient (Wildman–Crippen LogP) is 2.31. The Bertz CT molecular complexity index is 359. The molecule has 2 fully saturated rings. The van der Waals surface area contributed by atoms with Crippen molar-refractivity contribution >= 4 is 0 Å². The summed E-state index contributed by atoms with van der Waals surface area (Å²) in [5.74, 6) is 0. The molecule has 1 aromatic heterocycles. The van der Waals surface area contributed by atoms with E-state index in [2.05, 4.69) is 20.9 Å². The Morgan fingerprint density at radius 3 is 2.84 bits per heavy atom. The van der Waals surface area contributed by atoms with Gasteiger partial charge in [0, 0.05) is 31.6 Å². The van der Waals surface area contributed by atoms with Crippen LogP contribution in [0.1, 0.15) is 38.5 Å². The maximum Gasteiger partial charge on any atom is 0.0702 e. The van der Waals surface area contributed by atoms with E-state index >= 15 is 0 Å². The van der Waals surface area contributed by atoms with Crippen molar-refractivity contribution in [3.8, 4) is 0 Å². The second-order valence-electron chi connectivity index (χ2n) is 5.86. The number of hydrogen-bond acceptors (Lipinski definition) is 3. The zero-order chi connectivity index (χ0) is 12.9. The Morgan fingerprint density at radius 1 is 1.11 bits per heavy atom. The smallest absolute Gasteiger partial charge is 0.0702 e. The number of hydrogen-bond donors (Lipinski definition) is 0. The molecule has 0 unspecified atom stereocenters. The third-order valence-corrected chi connectivity index (χ3v) is 4.42. The minimum absolute atomic E-state index is 0.465. The molecule has 0 amide bonds. The van der Waals surface area contributed by atoms with Crippen molar-refractivity contribution in [1.82, 2.24) is 14.7 Å². The van der Waals surface area contributed by atoms with Gasteiger partial charge in [-0.05, 0) is 44.7 Å². The van der Waals surface area contributed by atoms with E-state index in [0.717, 1.165) is 19.7 Å². The molecule has 3 rings (SSSR count). The first-order valence-electron chi connectivity index (χ1n) is 7.75. The molecule has 0 N–H and O–H groups in total. The fourth-order valence-electron chi connectivity index (χ4n) is 3.34. The van der Waals surface area contributed by atoms with Gasteiger partial charge in [-0.3, -0.25) is 9.58 Å². The van der Waals surface area contributed by atoms with Crippen molar-refractivity contribution in [2.75, 3.05) is 19.7 Å². The topological polar surface area (TPSA) is 30.3 Å². The lowest BCUT2D eigenvalue weighted by atomic mass is 10.00. The van der Waals surface area contributed by atoms with E-state index in [4.69, 9.17) is 4.74 Å². The standard InChI is InChI=1S/C15H25N3O/c1-3-9-17(13-15-7-2-4-11-19-15)14(6-1)12-18-10-5-8-16-18/h5,8,10,14-15H,1-4,6-7,9,11-13H2/t14-,15-/m1/s1. The normalized spacial score (nSPS) is 29.5. The van der Waals surface area contributed by atoms with Crippen LogP contribution in [0.25, 0.3) is 0 Å². The first-order valence-corrected chi connectivity index (χ1v) is 7.75. The van der Waals surface area contributed by atoms with Crippen LogP contribution in [0.3, 0.4) is 0 Å². The number of rotatable bonds is 4. The van der Waals surface area contributed by atoms with E-state index in [1.165, 1.54) is 45.1 Å². The molecule has 0 aliphatic carbocycles. The Balaban J connectivity index is 1.56. The zero-order valence-corrected chi connectivity index (χ0v) is 11.7. The third-order valence-electron chi connectivity index (χ3n) is 4.42. The van der Waals surface area contributed by atoms with E-state index in [1.807, 2.05) is 12.3 Å². The maximum absolute atomic E-state index is 5.90. The van der Waals surface area contributed by atoms with Crippen LogP contribution in [0.2, 0.25) is 0 Å². The van der Waals surface area contributed by atoms with E-state index in [1.54, 1.807) is 0 Å². The highest BCUT2D eigenvalue weighted by Crippen LogP contribution is 2.21. The molecule has 1 aromatic rings. The van der Waals surface area contributed by atoms with Crippen LogP contribution < -0.4 is 0 Å². The third kappa shape index (κ3) is 3.57. The van der Waals surface area contributed by atoms with Crippen LogP contribution >= 0.6 is 0 Å². The van der Waals surface area contributed by atoms with Gasteiger partial charge in [0.2, 0.25) is 0 Å². The quantitative estimate of drug-likeness (QED) is 0.835. The molecule has 0 bridgehead atoms. The van der Waals surface area contributed by atoms with Crippen molar-refractivity contribution < 1.29 is 4.74 Å². The van der Waals surface area contributed by atoms with Gasteiger partial charge in [0.05, 0.1) is 12.6 Å². The summed E-state index contributed by atoms with van der Waals surface area (Å²) in [5, 5.41) is 4.35. The second kappa shape index (κ2) is 6.53. The summed E-state index contributed by atoms with van der Waals surface area (Å²) < 4.78 is 7.97. The first-order chi connectivity index (χ1) is 9.42. The molecule has 2 aliphatic rings. The molecule has 4 nitrogen and oxygen atoms in total. The number of nitrogens with zero attached hydrogens (tertiary/aromatic N) is 3. The Morgan fingerprint density at radius 2 is 2.05 bits per heavy atom. The fourth-order valence-corrected chi connectivity index (χ4v) is 3.34. The molecule has 0 spiro atoms. The summed E-state index contributed by atoms with van der Waals surface area (Å²) in [5.41, 5.74) is 0. The van der Waals surface area contributed by atoms with E-state index in [-0.39, 0.29) is 0 Å². The largest absolute Gasteiger partial charge is 0.377 e. The average Bonchev–Trinajstić information content (AvgIpc) is 2.95. The predicted molar refractivity (Wildman–Crippen MR) is 75.0 cm³/mol. The van der Waals surface area contributed by atoms with E-state index in [9.17, 15) is 0 Å². The van der Waals surface area contributed by atoms with Gasteiger partial charge < -0.3 is 4.74 Å². The van der Waals surface area contributed by atoms with Crippen molar-refractivity contribution in [3.05, 3.63) is 18.5 Å². The van der Waals surface area contributed by atoms with Crippen LogP contribution in [0, 0.1) is 0 Å². The Labute approximate surface area is 115 Å².